The van der Waals surface area contributed by atoms with Gasteiger partial charge >= 0.3 is 0 Å². The van der Waals surface area contributed by atoms with Crippen LogP contribution in [0.1, 0.15) is 0 Å². The highest BCUT2D eigenvalue weighted by Gasteiger charge is 2.30. The summed E-state index contributed by atoms with van der Waals surface area (Å²) in [5.74, 6) is -0.736. The zero-order chi connectivity index (χ0) is 17.6. The molecule has 3 heterocycles. The maximum Gasteiger partial charge on any atom is 0.244 e. The normalized spacial score (nSPS) is 14.8. The number of likely N-dealkylation sites (tertiary alicyclic amines) is 1. The van der Waals surface area contributed by atoms with E-state index in [1.807, 2.05) is 0 Å². The van der Waals surface area contributed by atoms with E-state index in [1.54, 1.807) is 18.2 Å². The molecule has 8 heteroatoms. The summed E-state index contributed by atoms with van der Waals surface area (Å²) in [6.07, 6.45) is 2.13. The van der Waals surface area contributed by atoms with Gasteiger partial charge < -0.3 is 4.90 Å². The van der Waals surface area contributed by atoms with Gasteiger partial charge in [-0.05, 0) is 12.1 Å². The lowest BCUT2D eigenvalue weighted by molar-refractivity contribution is -0.139. The standard InChI is InChI=1S/C17H13ClF2N4O/c18-13-3-1-2-12(17(13)20)10-4-15-14(21-5-10)6-22-24(15)9-16(25)23-7-11(19)8-23/h1-6,11H,7-9H2. The molecule has 1 aliphatic heterocycles. The second-order valence-corrected chi connectivity index (χ2v) is 6.34. The molecule has 1 amide bonds. The van der Waals surface area contributed by atoms with E-state index in [0.29, 0.717) is 22.2 Å². The molecule has 3 aromatic rings. The first-order chi connectivity index (χ1) is 12.0. The Kier molecular flexibility index (Phi) is 3.88. The Labute approximate surface area is 146 Å². The number of pyridine rings is 1. The molecule has 0 bridgehead atoms. The Morgan fingerprint density at radius 2 is 2.12 bits per heavy atom. The molecule has 0 spiro atoms. The van der Waals surface area contributed by atoms with E-state index in [2.05, 4.69) is 10.1 Å². The SMILES string of the molecule is O=C(Cn1ncc2ncc(-c3cccc(Cl)c3F)cc21)N1CC(F)C1. The second kappa shape index (κ2) is 6.07. The van der Waals surface area contributed by atoms with Crippen molar-refractivity contribution in [1.29, 1.82) is 0 Å². The summed E-state index contributed by atoms with van der Waals surface area (Å²) in [5, 5.41) is 4.19. The highest BCUT2D eigenvalue weighted by Crippen LogP contribution is 2.29. The number of hydrogen-bond donors (Lipinski definition) is 0. The van der Waals surface area contributed by atoms with Gasteiger partial charge in [0, 0.05) is 17.3 Å². The molecule has 25 heavy (non-hydrogen) atoms. The zero-order valence-corrected chi connectivity index (χ0v) is 13.7. The van der Waals surface area contributed by atoms with Crippen molar-refractivity contribution in [1.82, 2.24) is 19.7 Å². The monoisotopic (exact) mass is 362 g/mol. The van der Waals surface area contributed by atoms with Gasteiger partial charge in [-0.2, -0.15) is 5.10 Å². The summed E-state index contributed by atoms with van der Waals surface area (Å²) in [7, 11) is 0. The van der Waals surface area contributed by atoms with E-state index >= 15 is 0 Å². The van der Waals surface area contributed by atoms with Crippen LogP contribution in [-0.2, 0) is 11.3 Å². The summed E-state index contributed by atoms with van der Waals surface area (Å²) in [6, 6.07) is 6.45. The third-order valence-electron chi connectivity index (χ3n) is 4.23. The van der Waals surface area contributed by atoms with Gasteiger partial charge in [-0.15, -0.1) is 0 Å². The lowest BCUT2D eigenvalue weighted by Crippen LogP contribution is -2.52. The zero-order valence-electron chi connectivity index (χ0n) is 13.0. The highest BCUT2D eigenvalue weighted by atomic mass is 35.5. The summed E-state index contributed by atoms with van der Waals surface area (Å²) < 4.78 is 28.6. The third-order valence-corrected chi connectivity index (χ3v) is 4.52. The van der Waals surface area contributed by atoms with Crippen molar-refractivity contribution < 1.29 is 13.6 Å². The van der Waals surface area contributed by atoms with E-state index in [9.17, 15) is 13.6 Å². The molecular weight excluding hydrogens is 350 g/mol. The molecule has 0 saturated carbocycles. The van der Waals surface area contributed by atoms with Crippen molar-refractivity contribution in [2.45, 2.75) is 12.7 Å². The summed E-state index contributed by atoms with van der Waals surface area (Å²) >= 11 is 5.84. The minimum absolute atomic E-state index is 0.0145. The van der Waals surface area contributed by atoms with Crippen molar-refractivity contribution in [3.8, 4) is 11.1 Å². The fourth-order valence-corrected chi connectivity index (χ4v) is 2.99. The van der Waals surface area contributed by atoms with Crippen molar-refractivity contribution in [3.63, 3.8) is 0 Å². The van der Waals surface area contributed by atoms with Gasteiger partial charge in [0.1, 0.15) is 24.1 Å². The van der Waals surface area contributed by atoms with Crippen molar-refractivity contribution >= 4 is 28.5 Å². The maximum absolute atomic E-state index is 14.2. The maximum atomic E-state index is 14.2. The van der Waals surface area contributed by atoms with Crippen LogP contribution in [0.3, 0.4) is 0 Å². The molecule has 1 aromatic carbocycles. The summed E-state index contributed by atoms with van der Waals surface area (Å²) in [5.41, 5.74) is 2.05. The Balaban J connectivity index is 1.68. The average Bonchev–Trinajstić information content (AvgIpc) is 2.96. The first-order valence-electron chi connectivity index (χ1n) is 7.70. The fourth-order valence-electron chi connectivity index (χ4n) is 2.81. The van der Waals surface area contributed by atoms with Gasteiger partial charge in [0.25, 0.3) is 0 Å². The molecule has 4 rings (SSSR count). The molecule has 1 fully saturated rings. The molecule has 0 aliphatic carbocycles. The quantitative estimate of drug-likeness (QED) is 0.719. The van der Waals surface area contributed by atoms with Crippen molar-refractivity contribution in [2.24, 2.45) is 0 Å². The van der Waals surface area contributed by atoms with E-state index in [-0.39, 0.29) is 30.6 Å². The molecule has 2 aromatic heterocycles. The van der Waals surface area contributed by atoms with Gasteiger partial charge in [-0.3, -0.25) is 14.5 Å². The first-order valence-corrected chi connectivity index (χ1v) is 8.08. The predicted octanol–water partition coefficient (Wildman–Crippen LogP) is 3.07. The Hall–Kier alpha value is -2.54. The largest absolute Gasteiger partial charge is 0.335 e. The molecule has 0 radical (unpaired) electrons. The van der Waals surface area contributed by atoms with Gasteiger partial charge in [-0.1, -0.05) is 23.7 Å². The Bertz CT molecular complexity index is 968. The van der Waals surface area contributed by atoms with Crippen molar-refractivity contribution in [2.75, 3.05) is 13.1 Å². The van der Waals surface area contributed by atoms with Crippen LogP contribution >= 0.6 is 11.6 Å². The Morgan fingerprint density at radius 1 is 1.32 bits per heavy atom. The number of amides is 1. The average molecular weight is 363 g/mol. The number of nitrogens with zero attached hydrogens (tertiary/aromatic N) is 4. The number of carbonyl (C=O) groups excluding carboxylic acids is 1. The van der Waals surface area contributed by atoms with Gasteiger partial charge in [0.2, 0.25) is 5.91 Å². The van der Waals surface area contributed by atoms with E-state index in [4.69, 9.17) is 11.6 Å². The number of rotatable bonds is 3. The molecular formula is C17H13ClF2N4O. The van der Waals surface area contributed by atoms with E-state index < -0.39 is 12.0 Å². The predicted molar refractivity (Wildman–Crippen MR) is 89.4 cm³/mol. The number of benzene rings is 1. The molecule has 1 saturated heterocycles. The van der Waals surface area contributed by atoms with Crippen molar-refractivity contribution in [3.05, 3.63) is 47.5 Å². The van der Waals surface area contributed by atoms with Crippen LogP contribution in [0, 0.1) is 5.82 Å². The number of halogens is 3. The fraction of sp³-hybridized carbons (Fsp3) is 0.235. The van der Waals surface area contributed by atoms with Crippen LogP contribution in [0.2, 0.25) is 5.02 Å². The minimum atomic E-state index is -0.947. The number of alkyl halides is 1. The topological polar surface area (TPSA) is 51.0 Å². The molecule has 128 valence electrons. The van der Waals surface area contributed by atoms with E-state index in [1.165, 1.54) is 28.0 Å². The van der Waals surface area contributed by atoms with Gasteiger partial charge in [-0.25, -0.2) is 8.78 Å². The lowest BCUT2D eigenvalue weighted by atomic mass is 10.1. The molecule has 5 nitrogen and oxygen atoms in total. The van der Waals surface area contributed by atoms with Gasteiger partial charge in [0.15, 0.2) is 0 Å². The molecule has 0 unspecified atom stereocenters. The Morgan fingerprint density at radius 3 is 2.88 bits per heavy atom. The number of hydrogen-bond acceptors (Lipinski definition) is 3. The van der Waals surface area contributed by atoms with Crippen LogP contribution in [0.4, 0.5) is 8.78 Å². The highest BCUT2D eigenvalue weighted by molar-refractivity contribution is 6.31. The third kappa shape index (κ3) is 2.84. The lowest BCUT2D eigenvalue weighted by Gasteiger charge is -2.34. The summed E-state index contributed by atoms with van der Waals surface area (Å²) in [4.78, 5) is 17.8. The van der Waals surface area contributed by atoms with E-state index in [0.717, 1.165) is 0 Å². The van der Waals surface area contributed by atoms with Crippen LogP contribution in [0.25, 0.3) is 22.2 Å². The number of fused-ring (bicyclic) bond motifs is 1. The molecule has 0 N–H and O–H groups in total. The second-order valence-electron chi connectivity index (χ2n) is 5.93. The van der Waals surface area contributed by atoms with Crippen LogP contribution in [0.15, 0.2) is 36.7 Å². The van der Waals surface area contributed by atoms with Crippen LogP contribution in [-0.4, -0.2) is 44.8 Å². The minimum Gasteiger partial charge on any atom is -0.335 e. The van der Waals surface area contributed by atoms with Gasteiger partial charge in [0.05, 0.1) is 29.8 Å². The smallest absolute Gasteiger partial charge is 0.244 e. The first kappa shape index (κ1) is 16.0. The summed E-state index contributed by atoms with van der Waals surface area (Å²) in [6.45, 7) is 0.226. The molecule has 0 atom stereocenters. The number of aromatic nitrogens is 3. The number of carbonyl (C=O) groups is 1. The van der Waals surface area contributed by atoms with Crippen LogP contribution < -0.4 is 0 Å². The van der Waals surface area contributed by atoms with Crippen LogP contribution in [0.5, 0.6) is 0 Å². The molecule has 1 aliphatic rings.